The third-order valence-corrected chi connectivity index (χ3v) is 10.2. The molecule has 1 amide bonds. The Hall–Kier alpha value is -4.64. The number of carbonyl (C=O) groups excluding carboxylic acids is 1. The van der Waals surface area contributed by atoms with Gasteiger partial charge in [-0.1, -0.05) is 53.5 Å². The minimum Gasteiger partial charge on any atom is -0.494 e. The number of rotatable bonds is 8. The van der Waals surface area contributed by atoms with Crippen LogP contribution < -0.4 is 14.8 Å². The molecule has 2 aliphatic heterocycles. The summed E-state index contributed by atoms with van der Waals surface area (Å²) in [6.07, 6.45) is 0. The van der Waals surface area contributed by atoms with E-state index in [4.69, 9.17) is 37.8 Å². The third kappa shape index (κ3) is 5.88. The molecule has 9 nitrogen and oxygen atoms in total. The van der Waals surface area contributed by atoms with Gasteiger partial charge in [-0.2, -0.15) is 5.10 Å². The summed E-state index contributed by atoms with van der Waals surface area (Å²) in [7, 11) is 0. The Morgan fingerprint density at radius 3 is 2.65 bits per heavy atom. The summed E-state index contributed by atoms with van der Waals surface area (Å²) in [6, 6.07) is 23.7. The molecule has 4 aromatic carbocycles. The molecule has 2 N–H and O–H groups in total. The number of nitrogens with one attached hydrogen (secondary N) is 1. The van der Waals surface area contributed by atoms with Gasteiger partial charge >= 0.3 is 5.97 Å². The second-order valence-electron chi connectivity index (χ2n) is 12.5. The molecular formula is C37H33Cl2FN4O5. The third-order valence-electron chi connectivity index (χ3n) is 9.66. The van der Waals surface area contributed by atoms with Crippen molar-refractivity contribution in [3.05, 3.63) is 117 Å². The maximum absolute atomic E-state index is 16.2. The first-order chi connectivity index (χ1) is 23.6. The van der Waals surface area contributed by atoms with Crippen LogP contribution in [0.25, 0.3) is 10.9 Å². The number of hydrogen-bond acceptors (Lipinski definition) is 6. The second-order valence-corrected chi connectivity index (χ2v) is 13.4. The number of aromatic carboxylic acids is 1. The lowest BCUT2D eigenvalue weighted by molar-refractivity contribution is -0.127. The van der Waals surface area contributed by atoms with E-state index in [2.05, 4.69) is 10.2 Å². The lowest BCUT2D eigenvalue weighted by atomic mass is 9.74. The minimum atomic E-state index is -1.35. The summed E-state index contributed by atoms with van der Waals surface area (Å²) in [5, 5.41) is 18.5. The maximum atomic E-state index is 16.2. The van der Waals surface area contributed by atoms with Crippen molar-refractivity contribution in [1.82, 2.24) is 14.7 Å². The number of anilines is 1. The molecule has 0 bridgehead atoms. The van der Waals surface area contributed by atoms with Gasteiger partial charge in [-0.05, 0) is 79.6 Å². The number of benzene rings is 4. The largest absolute Gasteiger partial charge is 0.494 e. The van der Waals surface area contributed by atoms with Crippen molar-refractivity contribution in [2.75, 3.05) is 18.5 Å². The zero-order valence-electron chi connectivity index (χ0n) is 26.7. The first kappa shape index (κ1) is 32.9. The van der Waals surface area contributed by atoms with E-state index in [1.807, 2.05) is 38.1 Å². The molecule has 1 fully saturated rings. The Kier molecular flexibility index (Phi) is 8.73. The summed E-state index contributed by atoms with van der Waals surface area (Å²) in [5.74, 6) is -2.06. The van der Waals surface area contributed by atoms with Crippen molar-refractivity contribution in [3.8, 4) is 11.6 Å². The number of amides is 1. The van der Waals surface area contributed by atoms with E-state index in [1.165, 1.54) is 12.1 Å². The highest BCUT2D eigenvalue weighted by molar-refractivity contribution is 6.31. The second kappa shape index (κ2) is 13.0. The Morgan fingerprint density at radius 2 is 1.88 bits per heavy atom. The first-order valence-electron chi connectivity index (χ1n) is 15.9. The molecule has 0 saturated carbocycles. The van der Waals surface area contributed by atoms with Gasteiger partial charge in [-0.3, -0.25) is 9.69 Å². The molecule has 2 aliphatic rings. The van der Waals surface area contributed by atoms with Gasteiger partial charge < -0.3 is 19.9 Å². The maximum Gasteiger partial charge on any atom is 0.335 e. The van der Waals surface area contributed by atoms with Crippen LogP contribution in [0.5, 0.6) is 11.6 Å². The van der Waals surface area contributed by atoms with Gasteiger partial charge in [0.1, 0.15) is 23.7 Å². The molecule has 3 heterocycles. The number of ether oxygens (including phenoxy) is 2. The summed E-state index contributed by atoms with van der Waals surface area (Å²) in [4.78, 5) is 28.7. The van der Waals surface area contributed by atoms with Crippen LogP contribution in [-0.2, 0) is 17.9 Å². The van der Waals surface area contributed by atoms with Crippen LogP contribution in [0.4, 0.5) is 10.1 Å². The Morgan fingerprint density at radius 1 is 1.08 bits per heavy atom. The van der Waals surface area contributed by atoms with Crippen LogP contribution in [0, 0.1) is 11.7 Å². The summed E-state index contributed by atoms with van der Waals surface area (Å²) in [5.41, 5.74) is 1.00. The number of carboxylic acids is 1. The lowest BCUT2D eigenvalue weighted by Gasteiger charge is -2.40. The number of hydrogen-bond donors (Lipinski definition) is 2. The molecule has 0 spiro atoms. The summed E-state index contributed by atoms with van der Waals surface area (Å²) >= 11 is 12.7. The van der Waals surface area contributed by atoms with Crippen molar-refractivity contribution in [1.29, 1.82) is 0 Å². The first-order valence-corrected chi connectivity index (χ1v) is 16.7. The van der Waals surface area contributed by atoms with Gasteiger partial charge in [0.2, 0.25) is 11.8 Å². The summed E-state index contributed by atoms with van der Waals surface area (Å²) < 4.78 is 30.2. The smallest absolute Gasteiger partial charge is 0.335 e. The number of carboxylic acid groups (broad SMARTS) is 1. The average molecular weight is 704 g/mol. The normalized spacial score (nSPS) is 21.8. The standard InChI is InChI=1S/C37H33Cl2FN4O5/c1-3-48-25-10-4-7-21(15-25)18-43-31-20-49-34-27-16-22(35(45)46)13-14-30(27)42-44(34)19-28(31)32(26-11-6-12-29(39)33(26)40)37(43,2)36(47)41-24-9-5-8-23(38)17-24/h4-17,28,31-32H,3,18-20H2,1-2H3,(H,41,47)(H,45,46)/t28-,31+,32+,37-/m1/s1. The van der Waals surface area contributed by atoms with Gasteiger partial charge in [0, 0.05) is 35.6 Å². The molecule has 7 rings (SSSR count). The van der Waals surface area contributed by atoms with Crippen LogP contribution >= 0.6 is 23.2 Å². The quantitative estimate of drug-likeness (QED) is 0.171. The molecule has 4 atom stereocenters. The topological polar surface area (TPSA) is 106 Å². The van der Waals surface area contributed by atoms with Crippen molar-refractivity contribution in [2.24, 2.45) is 5.92 Å². The van der Waals surface area contributed by atoms with Gasteiger partial charge in [0.25, 0.3) is 0 Å². The van der Waals surface area contributed by atoms with Crippen LogP contribution in [-0.4, -0.2) is 56.5 Å². The van der Waals surface area contributed by atoms with E-state index in [9.17, 15) is 14.7 Å². The molecule has 0 aliphatic carbocycles. The number of carbonyl (C=O) groups is 2. The Bertz CT molecular complexity index is 2090. The molecular weight excluding hydrogens is 670 g/mol. The number of aromatic nitrogens is 2. The molecule has 12 heteroatoms. The number of nitrogens with zero attached hydrogens (tertiary/aromatic N) is 3. The Balaban J connectivity index is 1.40. The highest BCUT2D eigenvalue weighted by atomic mass is 35.5. The van der Waals surface area contributed by atoms with E-state index >= 15 is 4.39 Å². The van der Waals surface area contributed by atoms with Crippen molar-refractivity contribution < 1.29 is 28.6 Å². The monoisotopic (exact) mass is 702 g/mol. The minimum absolute atomic E-state index is 0.0499. The molecule has 5 aromatic rings. The predicted molar refractivity (Wildman–Crippen MR) is 185 cm³/mol. The molecule has 252 valence electrons. The van der Waals surface area contributed by atoms with E-state index in [0.717, 1.165) is 5.56 Å². The van der Waals surface area contributed by atoms with Gasteiger partial charge in [0.05, 0.1) is 34.1 Å². The Labute approximate surface area is 292 Å². The molecule has 1 saturated heterocycles. The molecule has 49 heavy (non-hydrogen) atoms. The van der Waals surface area contributed by atoms with E-state index in [0.29, 0.717) is 52.0 Å². The highest BCUT2D eigenvalue weighted by Crippen LogP contribution is 2.53. The lowest BCUT2D eigenvalue weighted by Crippen LogP contribution is -2.56. The van der Waals surface area contributed by atoms with E-state index in [-0.39, 0.29) is 29.6 Å². The van der Waals surface area contributed by atoms with Gasteiger partial charge in [-0.15, -0.1) is 0 Å². The zero-order valence-corrected chi connectivity index (χ0v) is 28.2. The fourth-order valence-corrected chi connectivity index (χ4v) is 7.86. The van der Waals surface area contributed by atoms with E-state index < -0.39 is 35.2 Å². The van der Waals surface area contributed by atoms with E-state index in [1.54, 1.807) is 53.2 Å². The van der Waals surface area contributed by atoms with Crippen molar-refractivity contribution in [3.63, 3.8) is 0 Å². The zero-order chi connectivity index (χ0) is 34.4. The van der Waals surface area contributed by atoms with Crippen LogP contribution in [0.3, 0.4) is 0 Å². The van der Waals surface area contributed by atoms with Crippen molar-refractivity contribution in [2.45, 2.75) is 44.4 Å². The van der Waals surface area contributed by atoms with Crippen molar-refractivity contribution >= 4 is 51.7 Å². The van der Waals surface area contributed by atoms with Gasteiger partial charge in [0.15, 0.2) is 0 Å². The fraction of sp³-hybridized carbons (Fsp3) is 0.270. The average Bonchev–Trinajstić information content (AvgIpc) is 3.45. The molecule has 1 aromatic heterocycles. The number of fused-ring (bicyclic) bond motifs is 4. The SMILES string of the molecule is CCOc1cccc(CN2[C@H]3COc4c5cc(C(=O)O)ccc5nn4C[C@H]3[C@H](c3cccc(Cl)c3F)[C@]2(C)C(=O)Nc2cccc(Cl)c2)c1. The van der Waals surface area contributed by atoms with Crippen LogP contribution in [0.15, 0.2) is 84.9 Å². The highest BCUT2D eigenvalue weighted by Gasteiger charge is 2.62. The number of likely N-dealkylation sites (tertiary alicyclic amines) is 1. The molecule has 0 unspecified atom stereocenters. The van der Waals surface area contributed by atoms with Crippen LogP contribution in [0.1, 0.15) is 41.3 Å². The fourth-order valence-electron chi connectivity index (χ4n) is 7.48. The summed E-state index contributed by atoms with van der Waals surface area (Å²) in [6.45, 7) is 4.91. The van der Waals surface area contributed by atoms with Gasteiger partial charge in [-0.25, -0.2) is 13.9 Å². The number of halogens is 3. The van der Waals surface area contributed by atoms with Crippen LogP contribution in [0.2, 0.25) is 10.0 Å². The predicted octanol–water partition coefficient (Wildman–Crippen LogP) is 7.65. The molecule has 0 radical (unpaired) electrons.